The molecule has 0 bridgehead atoms. The molecule has 0 aliphatic rings. The van der Waals surface area contributed by atoms with Crippen molar-refractivity contribution in [1.82, 2.24) is 10.6 Å². The van der Waals surface area contributed by atoms with Crippen LogP contribution in [0.5, 0.6) is 0 Å². The van der Waals surface area contributed by atoms with Crippen LogP contribution in [-0.2, 0) is 0 Å². The summed E-state index contributed by atoms with van der Waals surface area (Å²) in [6, 6.07) is -0.582. The molecule has 0 spiro atoms. The summed E-state index contributed by atoms with van der Waals surface area (Å²) < 4.78 is 0. The zero-order valence-electron chi connectivity index (χ0n) is 7.64. The van der Waals surface area contributed by atoms with E-state index in [-0.39, 0.29) is 13.2 Å². The summed E-state index contributed by atoms with van der Waals surface area (Å²) >= 11 is 0. The highest BCUT2D eigenvalue weighted by Crippen LogP contribution is 1.95. The lowest BCUT2D eigenvalue weighted by atomic mass is 10.2. The second kappa shape index (κ2) is 7.19. The maximum atomic E-state index is 9.18. The van der Waals surface area contributed by atoms with E-state index in [4.69, 9.17) is 15.3 Å². The van der Waals surface area contributed by atoms with Gasteiger partial charge in [-0.2, -0.15) is 0 Å². The van der Waals surface area contributed by atoms with Crippen LogP contribution < -0.4 is 10.6 Å². The highest BCUT2D eigenvalue weighted by Gasteiger charge is 2.16. The SMILES string of the molecule is CC[C@H](NC(O)NCCO)C(O)O. The van der Waals surface area contributed by atoms with Gasteiger partial charge in [-0.25, -0.2) is 0 Å². The van der Waals surface area contributed by atoms with Crippen LogP contribution in [0.3, 0.4) is 0 Å². The van der Waals surface area contributed by atoms with Gasteiger partial charge in [0.1, 0.15) is 0 Å². The molecule has 0 fully saturated rings. The van der Waals surface area contributed by atoms with Gasteiger partial charge in [0.2, 0.25) is 0 Å². The first kappa shape index (κ1) is 12.8. The van der Waals surface area contributed by atoms with Crippen molar-refractivity contribution in [3.63, 3.8) is 0 Å². The molecule has 6 nitrogen and oxygen atoms in total. The molecule has 13 heavy (non-hydrogen) atoms. The van der Waals surface area contributed by atoms with Gasteiger partial charge in [-0.1, -0.05) is 6.92 Å². The first-order valence-corrected chi connectivity index (χ1v) is 4.26. The molecule has 0 amide bonds. The van der Waals surface area contributed by atoms with Gasteiger partial charge < -0.3 is 20.4 Å². The number of rotatable bonds is 7. The van der Waals surface area contributed by atoms with Gasteiger partial charge in [0, 0.05) is 6.54 Å². The molecule has 0 radical (unpaired) electrons. The lowest BCUT2D eigenvalue weighted by molar-refractivity contribution is -0.0822. The van der Waals surface area contributed by atoms with Crippen molar-refractivity contribution in [3.8, 4) is 0 Å². The van der Waals surface area contributed by atoms with E-state index in [0.29, 0.717) is 6.42 Å². The highest BCUT2D eigenvalue weighted by molar-refractivity contribution is 4.67. The van der Waals surface area contributed by atoms with Crippen molar-refractivity contribution in [1.29, 1.82) is 0 Å². The number of nitrogens with one attached hydrogen (secondary N) is 2. The fraction of sp³-hybridized carbons (Fsp3) is 1.00. The molecular formula is C7H18N2O4. The van der Waals surface area contributed by atoms with Crippen molar-refractivity contribution < 1.29 is 20.4 Å². The Balaban J connectivity index is 3.66. The van der Waals surface area contributed by atoms with Crippen LogP contribution >= 0.6 is 0 Å². The Morgan fingerprint density at radius 3 is 2.23 bits per heavy atom. The highest BCUT2D eigenvalue weighted by atomic mass is 16.5. The van der Waals surface area contributed by atoms with Crippen molar-refractivity contribution in [3.05, 3.63) is 0 Å². The van der Waals surface area contributed by atoms with E-state index < -0.39 is 18.7 Å². The topological polar surface area (TPSA) is 105 Å². The summed E-state index contributed by atoms with van der Waals surface area (Å²) in [6.45, 7) is 1.92. The number of aliphatic hydroxyl groups excluding tert-OH is 3. The summed E-state index contributed by atoms with van der Waals surface area (Å²) in [5.74, 6) is 0. The number of aliphatic hydroxyl groups is 4. The molecule has 0 heterocycles. The van der Waals surface area contributed by atoms with Gasteiger partial charge in [-0.15, -0.1) is 0 Å². The van der Waals surface area contributed by atoms with E-state index in [1.165, 1.54) is 0 Å². The van der Waals surface area contributed by atoms with Crippen LogP contribution in [-0.4, -0.2) is 52.3 Å². The van der Waals surface area contributed by atoms with Gasteiger partial charge in [0.05, 0.1) is 12.6 Å². The number of hydrogen-bond acceptors (Lipinski definition) is 6. The third-order valence-corrected chi connectivity index (χ3v) is 1.62. The first-order valence-electron chi connectivity index (χ1n) is 4.26. The smallest absolute Gasteiger partial charge is 0.167 e. The maximum Gasteiger partial charge on any atom is 0.167 e. The lowest BCUT2D eigenvalue weighted by Gasteiger charge is -2.23. The number of hydrogen-bond donors (Lipinski definition) is 6. The van der Waals surface area contributed by atoms with Crippen molar-refractivity contribution in [2.75, 3.05) is 13.2 Å². The molecule has 0 aromatic carbocycles. The lowest BCUT2D eigenvalue weighted by Crippen LogP contribution is -2.51. The van der Waals surface area contributed by atoms with Crippen molar-refractivity contribution in [2.45, 2.75) is 32.0 Å². The molecule has 2 atom stereocenters. The van der Waals surface area contributed by atoms with Crippen LogP contribution in [0.1, 0.15) is 13.3 Å². The van der Waals surface area contributed by atoms with Crippen LogP contribution in [0.25, 0.3) is 0 Å². The summed E-state index contributed by atoms with van der Waals surface area (Å²) in [5, 5.41) is 40.2. The third-order valence-electron chi connectivity index (χ3n) is 1.62. The maximum absolute atomic E-state index is 9.18. The second-order valence-electron chi connectivity index (χ2n) is 2.68. The van der Waals surface area contributed by atoms with E-state index in [1.54, 1.807) is 6.92 Å². The van der Waals surface area contributed by atoms with E-state index in [0.717, 1.165) is 0 Å². The third kappa shape index (κ3) is 5.92. The summed E-state index contributed by atoms with van der Waals surface area (Å²) in [6.07, 6.45) is -2.07. The van der Waals surface area contributed by atoms with Crippen LogP contribution in [0, 0.1) is 0 Å². The standard InChI is InChI=1S/C7H18N2O4/c1-2-5(6(11)12)9-7(13)8-3-4-10/h5-13H,2-4H2,1H3/t5-,7?/m0/s1. The second-order valence-corrected chi connectivity index (χ2v) is 2.68. The Morgan fingerprint density at radius 2 is 1.85 bits per heavy atom. The largest absolute Gasteiger partial charge is 0.395 e. The minimum atomic E-state index is -1.50. The molecule has 0 rings (SSSR count). The first-order chi connectivity index (χ1) is 6.11. The average molecular weight is 194 g/mol. The molecule has 0 saturated heterocycles. The Bertz CT molecular complexity index is 123. The summed E-state index contributed by atoms with van der Waals surface area (Å²) in [7, 11) is 0. The van der Waals surface area contributed by atoms with Gasteiger partial charge in [-0.3, -0.25) is 10.6 Å². The van der Waals surface area contributed by atoms with Gasteiger partial charge >= 0.3 is 0 Å². The molecule has 0 saturated carbocycles. The normalized spacial score (nSPS) is 16.2. The molecule has 0 aliphatic carbocycles. The Labute approximate surface area is 77.2 Å². The Morgan fingerprint density at radius 1 is 1.23 bits per heavy atom. The van der Waals surface area contributed by atoms with Crippen LogP contribution in [0.4, 0.5) is 0 Å². The zero-order valence-corrected chi connectivity index (χ0v) is 7.64. The van der Waals surface area contributed by atoms with Gasteiger partial charge in [-0.05, 0) is 6.42 Å². The zero-order chi connectivity index (χ0) is 10.3. The molecule has 6 heteroatoms. The van der Waals surface area contributed by atoms with Crippen LogP contribution in [0.2, 0.25) is 0 Å². The predicted molar refractivity (Wildman–Crippen MR) is 46.5 cm³/mol. The molecule has 0 aromatic rings. The molecular weight excluding hydrogens is 176 g/mol. The summed E-state index contributed by atoms with van der Waals surface area (Å²) in [4.78, 5) is 0. The monoisotopic (exact) mass is 194 g/mol. The average Bonchev–Trinajstić information content (AvgIpc) is 2.10. The Kier molecular flexibility index (Phi) is 7.06. The fourth-order valence-electron chi connectivity index (χ4n) is 0.878. The van der Waals surface area contributed by atoms with Crippen molar-refractivity contribution in [2.24, 2.45) is 0 Å². The quantitative estimate of drug-likeness (QED) is 0.251. The van der Waals surface area contributed by atoms with Gasteiger partial charge in [0.25, 0.3) is 0 Å². The fourth-order valence-corrected chi connectivity index (χ4v) is 0.878. The predicted octanol–water partition coefficient (Wildman–Crippen LogP) is -2.48. The minimum Gasteiger partial charge on any atom is -0.395 e. The van der Waals surface area contributed by atoms with Crippen molar-refractivity contribution >= 4 is 0 Å². The molecule has 0 aromatic heterocycles. The Hall–Kier alpha value is -0.240. The minimum absolute atomic E-state index is 0.0861. The van der Waals surface area contributed by atoms with E-state index >= 15 is 0 Å². The summed E-state index contributed by atoms with van der Waals surface area (Å²) in [5.41, 5.74) is 0. The molecule has 6 N–H and O–H groups in total. The van der Waals surface area contributed by atoms with E-state index in [2.05, 4.69) is 10.6 Å². The van der Waals surface area contributed by atoms with E-state index in [1.807, 2.05) is 0 Å². The van der Waals surface area contributed by atoms with Gasteiger partial charge in [0.15, 0.2) is 12.6 Å². The van der Waals surface area contributed by atoms with E-state index in [9.17, 15) is 5.11 Å². The molecule has 0 aliphatic heterocycles. The van der Waals surface area contributed by atoms with Crippen LogP contribution in [0.15, 0.2) is 0 Å². The molecule has 1 unspecified atom stereocenters. The molecule has 80 valence electrons.